The third kappa shape index (κ3) is 3.00. The second-order valence-electron chi connectivity index (χ2n) is 6.01. The predicted molar refractivity (Wildman–Crippen MR) is 70.6 cm³/mol. The van der Waals surface area contributed by atoms with E-state index in [1.807, 2.05) is 0 Å². The molecule has 0 amide bonds. The van der Waals surface area contributed by atoms with Crippen LogP contribution in [0.15, 0.2) is 0 Å². The zero-order valence-corrected chi connectivity index (χ0v) is 11.2. The van der Waals surface area contributed by atoms with Gasteiger partial charge in [0, 0.05) is 12.1 Å². The highest BCUT2D eigenvalue weighted by Crippen LogP contribution is 2.32. The van der Waals surface area contributed by atoms with Crippen LogP contribution in [0.4, 0.5) is 0 Å². The third-order valence-corrected chi connectivity index (χ3v) is 4.99. The largest absolute Gasteiger partial charge is 0.311 e. The highest BCUT2D eigenvalue weighted by molar-refractivity contribution is 4.87. The molecule has 0 spiro atoms. The fraction of sp³-hybridized carbons (Fsp3) is 1.00. The van der Waals surface area contributed by atoms with Gasteiger partial charge in [-0.2, -0.15) is 0 Å². The minimum absolute atomic E-state index is 0.843. The zero-order valence-electron chi connectivity index (χ0n) is 11.2. The maximum absolute atomic E-state index is 3.98. The molecule has 2 fully saturated rings. The fourth-order valence-electron chi connectivity index (χ4n) is 3.86. The lowest BCUT2D eigenvalue weighted by Gasteiger charge is -2.33. The lowest BCUT2D eigenvalue weighted by molar-refractivity contribution is 0.243. The average molecular weight is 223 g/mol. The van der Waals surface area contributed by atoms with Gasteiger partial charge in [-0.1, -0.05) is 46.0 Å². The highest BCUT2D eigenvalue weighted by Gasteiger charge is 2.29. The van der Waals surface area contributed by atoms with Gasteiger partial charge in [-0.25, -0.2) is 0 Å². The number of hydrogen-bond acceptors (Lipinski definition) is 1. The van der Waals surface area contributed by atoms with E-state index in [-0.39, 0.29) is 0 Å². The van der Waals surface area contributed by atoms with Gasteiger partial charge in [0.2, 0.25) is 0 Å². The number of rotatable bonds is 4. The van der Waals surface area contributed by atoms with Crippen LogP contribution in [0, 0.1) is 11.8 Å². The summed E-state index contributed by atoms with van der Waals surface area (Å²) in [7, 11) is 0. The molecular formula is C15H29N. The summed E-state index contributed by atoms with van der Waals surface area (Å²) in [5.74, 6) is 1.98. The summed E-state index contributed by atoms with van der Waals surface area (Å²) in [5, 5.41) is 3.98. The number of hydrogen-bond donors (Lipinski definition) is 1. The molecule has 16 heavy (non-hydrogen) atoms. The Hall–Kier alpha value is -0.0400. The van der Waals surface area contributed by atoms with Crippen molar-refractivity contribution in [1.82, 2.24) is 5.32 Å². The first-order valence-corrected chi connectivity index (χ1v) is 7.59. The Morgan fingerprint density at radius 1 is 0.938 bits per heavy atom. The standard InChI is InChI=1S/C15H29N/c1-3-12-7-5-9-14(11-12)16-15-10-6-8-13(15)4-2/h12-16H,3-11H2,1-2H3. The van der Waals surface area contributed by atoms with Crippen LogP contribution in [0.5, 0.6) is 0 Å². The van der Waals surface area contributed by atoms with E-state index in [4.69, 9.17) is 0 Å². The molecule has 1 N–H and O–H groups in total. The summed E-state index contributed by atoms with van der Waals surface area (Å²) in [6, 6.07) is 1.70. The maximum atomic E-state index is 3.98. The first kappa shape index (κ1) is 12.4. The molecule has 2 rings (SSSR count). The summed E-state index contributed by atoms with van der Waals surface area (Å²) in [6.45, 7) is 4.72. The van der Waals surface area contributed by atoms with E-state index in [2.05, 4.69) is 19.2 Å². The molecule has 0 aromatic carbocycles. The Balaban J connectivity index is 1.79. The first-order chi connectivity index (χ1) is 7.83. The molecule has 94 valence electrons. The summed E-state index contributed by atoms with van der Waals surface area (Å²) >= 11 is 0. The molecule has 0 radical (unpaired) electrons. The van der Waals surface area contributed by atoms with Gasteiger partial charge >= 0.3 is 0 Å². The molecule has 0 heterocycles. The Morgan fingerprint density at radius 3 is 2.50 bits per heavy atom. The molecular weight excluding hydrogens is 194 g/mol. The van der Waals surface area contributed by atoms with Crippen LogP contribution in [-0.2, 0) is 0 Å². The normalized spacial score (nSPS) is 40.1. The van der Waals surface area contributed by atoms with Gasteiger partial charge in [0.05, 0.1) is 0 Å². The maximum Gasteiger partial charge on any atom is 0.00978 e. The molecule has 1 heteroatoms. The lowest BCUT2D eigenvalue weighted by atomic mass is 9.83. The second kappa shape index (κ2) is 6.05. The summed E-state index contributed by atoms with van der Waals surface area (Å²) in [6.07, 6.45) is 13.0. The van der Waals surface area contributed by atoms with E-state index in [0.29, 0.717) is 0 Å². The van der Waals surface area contributed by atoms with E-state index in [1.54, 1.807) is 0 Å². The van der Waals surface area contributed by atoms with Gasteiger partial charge in [0.1, 0.15) is 0 Å². The van der Waals surface area contributed by atoms with Crippen molar-refractivity contribution in [2.75, 3.05) is 0 Å². The summed E-state index contributed by atoms with van der Waals surface area (Å²) < 4.78 is 0. The van der Waals surface area contributed by atoms with Gasteiger partial charge in [0.15, 0.2) is 0 Å². The highest BCUT2D eigenvalue weighted by atomic mass is 15.0. The molecule has 0 aromatic heterocycles. The van der Waals surface area contributed by atoms with Crippen LogP contribution in [-0.4, -0.2) is 12.1 Å². The molecule has 1 nitrogen and oxygen atoms in total. The smallest absolute Gasteiger partial charge is 0.00978 e. The molecule has 0 saturated heterocycles. The SMILES string of the molecule is CCC1CCCC(NC2CCCC2CC)C1. The van der Waals surface area contributed by atoms with E-state index < -0.39 is 0 Å². The van der Waals surface area contributed by atoms with Crippen molar-refractivity contribution < 1.29 is 0 Å². The predicted octanol–water partition coefficient (Wildman–Crippen LogP) is 4.12. The molecule has 0 aromatic rings. The van der Waals surface area contributed by atoms with Gasteiger partial charge < -0.3 is 5.32 Å². The minimum Gasteiger partial charge on any atom is -0.311 e. The fourth-order valence-corrected chi connectivity index (χ4v) is 3.86. The Kier molecular flexibility index (Phi) is 4.69. The van der Waals surface area contributed by atoms with Crippen LogP contribution in [0.3, 0.4) is 0 Å². The van der Waals surface area contributed by atoms with Crippen molar-refractivity contribution in [2.24, 2.45) is 11.8 Å². The zero-order chi connectivity index (χ0) is 11.4. The number of nitrogens with one attached hydrogen (secondary N) is 1. The van der Waals surface area contributed by atoms with Gasteiger partial charge in [-0.05, 0) is 37.5 Å². The van der Waals surface area contributed by atoms with Gasteiger partial charge in [0.25, 0.3) is 0 Å². The quantitative estimate of drug-likeness (QED) is 0.756. The molecule has 0 aliphatic heterocycles. The van der Waals surface area contributed by atoms with E-state index in [1.165, 1.54) is 57.8 Å². The lowest BCUT2D eigenvalue weighted by Crippen LogP contribution is -2.42. The molecule has 2 aliphatic carbocycles. The van der Waals surface area contributed by atoms with Crippen LogP contribution in [0.2, 0.25) is 0 Å². The van der Waals surface area contributed by atoms with Crippen LogP contribution in [0.1, 0.15) is 71.6 Å². The summed E-state index contributed by atoms with van der Waals surface area (Å²) in [5.41, 5.74) is 0. The minimum atomic E-state index is 0.843. The van der Waals surface area contributed by atoms with Gasteiger partial charge in [-0.15, -0.1) is 0 Å². The van der Waals surface area contributed by atoms with Crippen LogP contribution < -0.4 is 5.32 Å². The van der Waals surface area contributed by atoms with Crippen molar-refractivity contribution in [3.8, 4) is 0 Å². The molecule has 0 bridgehead atoms. The average Bonchev–Trinajstić information content (AvgIpc) is 2.76. The van der Waals surface area contributed by atoms with Crippen molar-refractivity contribution in [3.05, 3.63) is 0 Å². The Bertz CT molecular complexity index is 202. The van der Waals surface area contributed by atoms with Crippen molar-refractivity contribution in [3.63, 3.8) is 0 Å². The van der Waals surface area contributed by atoms with Crippen molar-refractivity contribution in [2.45, 2.75) is 83.7 Å². The van der Waals surface area contributed by atoms with Gasteiger partial charge in [-0.3, -0.25) is 0 Å². The molecule has 2 aliphatic rings. The van der Waals surface area contributed by atoms with Crippen LogP contribution in [0.25, 0.3) is 0 Å². The monoisotopic (exact) mass is 223 g/mol. The first-order valence-electron chi connectivity index (χ1n) is 7.59. The molecule has 4 atom stereocenters. The molecule has 4 unspecified atom stereocenters. The Morgan fingerprint density at radius 2 is 1.75 bits per heavy atom. The topological polar surface area (TPSA) is 12.0 Å². The van der Waals surface area contributed by atoms with E-state index >= 15 is 0 Å². The van der Waals surface area contributed by atoms with E-state index in [0.717, 1.165) is 23.9 Å². The third-order valence-electron chi connectivity index (χ3n) is 4.99. The Labute approximate surface area is 101 Å². The summed E-state index contributed by atoms with van der Waals surface area (Å²) in [4.78, 5) is 0. The molecule has 2 saturated carbocycles. The van der Waals surface area contributed by atoms with Crippen molar-refractivity contribution in [1.29, 1.82) is 0 Å². The second-order valence-corrected chi connectivity index (χ2v) is 6.01. The van der Waals surface area contributed by atoms with Crippen LogP contribution >= 0.6 is 0 Å². The van der Waals surface area contributed by atoms with E-state index in [9.17, 15) is 0 Å². The van der Waals surface area contributed by atoms with Crippen molar-refractivity contribution >= 4 is 0 Å².